The van der Waals surface area contributed by atoms with Gasteiger partial charge in [-0.15, -0.1) is 0 Å². The Labute approximate surface area is 161 Å². The molecule has 6 heteroatoms. The van der Waals surface area contributed by atoms with Gasteiger partial charge in [0.25, 0.3) is 5.91 Å². The number of aromatic amines is 1. The fourth-order valence-corrected chi connectivity index (χ4v) is 4.04. The molecule has 5 nitrogen and oxygen atoms in total. The van der Waals surface area contributed by atoms with E-state index in [0.29, 0.717) is 28.9 Å². The zero-order chi connectivity index (χ0) is 19.4. The molecule has 1 aliphatic carbocycles. The molecular formula is C22H20FN3O2. The van der Waals surface area contributed by atoms with Crippen molar-refractivity contribution in [3.05, 3.63) is 59.0 Å². The summed E-state index contributed by atoms with van der Waals surface area (Å²) < 4.78 is 13.7. The molecule has 1 saturated carbocycles. The Morgan fingerprint density at radius 3 is 2.79 bits per heavy atom. The lowest BCUT2D eigenvalue weighted by atomic mass is 10.1. The van der Waals surface area contributed by atoms with Crippen molar-refractivity contribution in [1.82, 2.24) is 4.98 Å². The van der Waals surface area contributed by atoms with Gasteiger partial charge in [0.1, 0.15) is 5.82 Å². The summed E-state index contributed by atoms with van der Waals surface area (Å²) in [5.41, 5.74) is 4.55. The molecule has 0 radical (unpaired) electrons. The summed E-state index contributed by atoms with van der Waals surface area (Å²) in [5, 5.41) is 3.49. The summed E-state index contributed by atoms with van der Waals surface area (Å²) in [5.74, 6) is -0.251. The number of hydrogen-bond donors (Lipinski definition) is 2. The molecule has 0 bridgehead atoms. The van der Waals surface area contributed by atoms with Crippen molar-refractivity contribution in [2.24, 2.45) is 5.92 Å². The van der Waals surface area contributed by atoms with E-state index in [0.717, 1.165) is 36.0 Å². The van der Waals surface area contributed by atoms with Crippen LogP contribution in [0.4, 0.5) is 15.8 Å². The van der Waals surface area contributed by atoms with Crippen molar-refractivity contribution >= 4 is 34.1 Å². The first-order chi connectivity index (χ1) is 13.5. The molecule has 2 N–H and O–H groups in total. The number of carbonyl (C=O) groups excluding carboxylic acids is 2. The summed E-state index contributed by atoms with van der Waals surface area (Å²) in [4.78, 5) is 30.3. The maximum Gasteiger partial charge on any atom is 0.258 e. The molecular weight excluding hydrogens is 357 g/mol. The Hall–Kier alpha value is -3.15. The SMILES string of the molecule is Cc1[nH]c2ccc(F)cc2c1C(=O)Nc1ccc2c(c1)CCN2C(=O)C1CC1. The summed E-state index contributed by atoms with van der Waals surface area (Å²) in [6.07, 6.45) is 2.77. The van der Waals surface area contributed by atoms with E-state index in [1.807, 2.05) is 23.1 Å². The van der Waals surface area contributed by atoms with Crippen LogP contribution in [0.5, 0.6) is 0 Å². The summed E-state index contributed by atoms with van der Waals surface area (Å²) in [7, 11) is 0. The molecule has 0 saturated heterocycles. The highest BCUT2D eigenvalue weighted by Crippen LogP contribution is 2.37. The van der Waals surface area contributed by atoms with E-state index in [1.54, 1.807) is 13.0 Å². The van der Waals surface area contributed by atoms with Crippen molar-refractivity contribution in [2.75, 3.05) is 16.8 Å². The minimum Gasteiger partial charge on any atom is -0.358 e. The van der Waals surface area contributed by atoms with Gasteiger partial charge in [0.05, 0.1) is 5.56 Å². The lowest BCUT2D eigenvalue weighted by molar-refractivity contribution is -0.119. The number of nitrogens with zero attached hydrogens (tertiary/aromatic N) is 1. The second-order valence-corrected chi connectivity index (χ2v) is 7.63. The maximum absolute atomic E-state index is 13.7. The zero-order valence-corrected chi connectivity index (χ0v) is 15.5. The number of aromatic nitrogens is 1. The van der Waals surface area contributed by atoms with Crippen molar-refractivity contribution in [3.63, 3.8) is 0 Å². The Balaban J connectivity index is 1.41. The summed E-state index contributed by atoms with van der Waals surface area (Å²) in [6, 6.07) is 10.0. The van der Waals surface area contributed by atoms with E-state index < -0.39 is 0 Å². The predicted octanol–water partition coefficient (Wildman–Crippen LogP) is 4.17. The standard InChI is InChI=1S/C22H20FN3O2/c1-12-20(17-11-15(23)4-6-18(17)24-12)21(27)25-16-5-7-19-14(10-16)8-9-26(19)22(28)13-2-3-13/h4-7,10-11,13,24H,2-3,8-9H2,1H3,(H,25,27). The van der Waals surface area contributed by atoms with Gasteiger partial charge in [0, 0.05) is 40.4 Å². The number of fused-ring (bicyclic) bond motifs is 2. The molecule has 5 rings (SSSR count). The van der Waals surface area contributed by atoms with Crippen LogP contribution < -0.4 is 10.2 Å². The highest BCUT2D eigenvalue weighted by molar-refractivity contribution is 6.14. The number of amides is 2. The first-order valence-electron chi connectivity index (χ1n) is 9.55. The van der Waals surface area contributed by atoms with Gasteiger partial charge in [-0.05, 0) is 68.1 Å². The second kappa shape index (κ2) is 6.19. The van der Waals surface area contributed by atoms with Gasteiger partial charge in [-0.3, -0.25) is 9.59 Å². The molecule has 2 aliphatic rings. The van der Waals surface area contributed by atoms with Crippen LogP contribution in [0.2, 0.25) is 0 Å². The van der Waals surface area contributed by atoms with Crippen molar-refractivity contribution < 1.29 is 14.0 Å². The number of benzene rings is 2. The van der Waals surface area contributed by atoms with Crippen molar-refractivity contribution in [1.29, 1.82) is 0 Å². The van der Waals surface area contributed by atoms with Gasteiger partial charge in [0.15, 0.2) is 0 Å². The minimum absolute atomic E-state index is 0.190. The van der Waals surface area contributed by atoms with Crippen LogP contribution in [0.3, 0.4) is 0 Å². The van der Waals surface area contributed by atoms with E-state index in [4.69, 9.17) is 0 Å². The van der Waals surface area contributed by atoms with Gasteiger partial charge in [0.2, 0.25) is 5.91 Å². The Bertz CT molecular complexity index is 1130. The number of hydrogen-bond acceptors (Lipinski definition) is 2. The average molecular weight is 377 g/mol. The van der Waals surface area contributed by atoms with Gasteiger partial charge in [-0.1, -0.05) is 0 Å². The van der Waals surface area contributed by atoms with E-state index in [-0.39, 0.29) is 23.5 Å². The molecule has 1 aliphatic heterocycles. The third-order valence-corrected chi connectivity index (χ3v) is 5.60. The van der Waals surface area contributed by atoms with Crippen LogP contribution in [0.15, 0.2) is 36.4 Å². The number of H-pyrrole nitrogens is 1. The number of nitrogens with one attached hydrogen (secondary N) is 2. The lowest BCUT2D eigenvalue weighted by Gasteiger charge is -2.17. The smallest absolute Gasteiger partial charge is 0.258 e. The van der Waals surface area contributed by atoms with Crippen LogP contribution in [0, 0.1) is 18.7 Å². The molecule has 1 aromatic heterocycles. The van der Waals surface area contributed by atoms with E-state index in [2.05, 4.69) is 10.3 Å². The second-order valence-electron chi connectivity index (χ2n) is 7.63. The number of anilines is 2. The number of carbonyl (C=O) groups is 2. The molecule has 2 heterocycles. The molecule has 0 atom stereocenters. The first kappa shape index (κ1) is 17.0. The molecule has 2 amide bonds. The van der Waals surface area contributed by atoms with Crippen LogP contribution in [-0.2, 0) is 11.2 Å². The zero-order valence-electron chi connectivity index (χ0n) is 15.5. The quantitative estimate of drug-likeness (QED) is 0.720. The molecule has 2 aromatic carbocycles. The molecule has 0 spiro atoms. The summed E-state index contributed by atoms with van der Waals surface area (Å²) >= 11 is 0. The predicted molar refractivity (Wildman–Crippen MR) is 106 cm³/mol. The number of rotatable bonds is 3. The van der Waals surface area contributed by atoms with Crippen molar-refractivity contribution in [2.45, 2.75) is 26.2 Å². The topological polar surface area (TPSA) is 65.2 Å². The maximum atomic E-state index is 13.7. The van der Waals surface area contributed by atoms with Gasteiger partial charge in [-0.25, -0.2) is 4.39 Å². The highest BCUT2D eigenvalue weighted by Gasteiger charge is 2.36. The highest BCUT2D eigenvalue weighted by atomic mass is 19.1. The average Bonchev–Trinajstić information content (AvgIpc) is 3.35. The minimum atomic E-state index is -0.376. The molecule has 0 unspecified atom stereocenters. The Morgan fingerprint density at radius 1 is 1.18 bits per heavy atom. The Kier molecular flexibility index (Phi) is 3.75. The number of halogens is 1. The normalized spacial score (nSPS) is 15.7. The van der Waals surface area contributed by atoms with E-state index in [1.165, 1.54) is 12.1 Å². The molecule has 28 heavy (non-hydrogen) atoms. The fourth-order valence-electron chi connectivity index (χ4n) is 4.04. The largest absolute Gasteiger partial charge is 0.358 e. The number of aryl methyl sites for hydroxylation is 1. The molecule has 142 valence electrons. The monoisotopic (exact) mass is 377 g/mol. The molecule has 3 aromatic rings. The van der Waals surface area contributed by atoms with Gasteiger partial charge in [-0.2, -0.15) is 0 Å². The summed E-state index contributed by atoms with van der Waals surface area (Å²) in [6.45, 7) is 2.50. The van der Waals surface area contributed by atoms with Crippen LogP contribution in [0.1, 0.15) is 34.5 Å². The van der Waals surface area contributed by atoms with E-state index >= 15 is 0 Å². The van der Waals surface area contributed by atoms with Crippen LogP contribution in [-0.4, -0.2) is 23.3 Å². The van der Waals surface area contributed by atoms with E-state index in [9.17, 15) is 14.0 Å². The van der Waals surface area contributed by atoms with Crippen LogP contribution in [0.25, 0.3) is 10.9 Å². The third-order valence-electron chi connectivity index (χ3n) is 5.60. The third kappa shape index (κ3) is 2.76. The van der Waals surface area contributed by atoms with Crippen LogP contribution >= 0.6 is 0 Å². The Morgan fingerprint density at radius 2 is 2.00 bits per heavy atom. The lowest BCUT2D eigenvalue weighted by Crippen LogP contribution is -2.30. The van der Waals surface area contributed by atoms with Crippen molar-refractivity contribution in [3.8, 4) is 0 Å². The molecule has 1 fully saturated rings. The van der Waals surface area contributed by atoms with Gasteiger partial charge >= 0.3 is 0 Å². The van der Waals surface area contributed by atoms with Gasteiger partial charge < -0.3 is 15.2 Å². The fraction of sp³-hybridized carbons (Fsp3) is 0.273. The first-order valence-corrected chi connectivity index (χ1v) is 9.55.